The average molecular weight is 282 g/mol. The molecular formula is C15H26N2O3. The molecule has 1 rings (SSSR count). The molecule has 0 unspecified atom stereocenters. The van der Waals surface area contributed by atoms with Crippen molar-refractivity contribution >= 4 is 0 Å². The van der Waals surface area contributed by atoms with E-state index < -0.39 is 0 Å². The molecule has 5 nitrogen and oxygen atoms in total. The van der Waals surface area contributed by atoms with E-state index in [0.717, 1.165) is 36.7 Å². The lowest BCUT2D eigenvalue weighted by Gasteiger charge is -2.14. The van der Waals surface area contributed by atoms with Crippen molar-refractivity contribution < 1.29 is 14.2 Å². The van der Waals surface area contributed by atoms with Gasteiger partial charge < -0.3 is 24.4 Å². The van der Waals surface area contributed by atoms with Gasteiger partial charge in [0.1, 0.15) is 6.61 Å². The standard InChI is InChI=1S/C15H26N2O3/c1-17(2)8-10-20-14-6-5-13(11-15(14)19-4)12-16-7-9-18-3/h5-6,11,16H,7-10,12H2,1-4H3. The van der Waals surface area contributed by atoms with Crippen LogP contribution in [0.5, 0.6) is 11.5 Å². The van der Waals surface area contributed by atoms with Gasteiger partial charge in [-0.1, -0.05) is 6.07 Å². The van der Waals surface area contributed by atoms with Crippen molar-refractivity contribution in [2.24, 2.45) is 0 Å². The molecule has 0 radical (unpaired) electrons. The van der Waals surface area contributed by atoms with Crippen LogP contribution in [0.3, 0.4) is 0 Å². The van der Waals surface area contributed by atoms with Gasteiger partial charge in [-0.25, -0.2) is 0 Å². The van der Waals surface area contributed by atoms with Gasteiger partial charge in [0.15, 0.2) is 11.5 Å². The Morgan fingerprint density at radius 3 is 2.55 bits per heavy atom. The second-order valence-electron chi connectivity index (χ2n) is 4.81. The summed E-state index contributed by atoms with van der Waals surface area (Å²) in [5.41, 5.74) is 1.16. The lowest BCUT2D eigenvalue weighted by molar-refractivity contribution is 0.199. The molecule has 0 amide bonds. The van der Waals surface area contributed by atoms with Gasteiger partial charge in [0.2, 0.25) is 0 Å². The SMILES string of the molecule is COCCNCc1ccc(OCCN(C)C)c(OC)c1. The Morgan fingerprint density at radius 1 is 1.10 bits per heavy atom. The van der Waals surface area contributed by atoms with E-state index in [-0.39, 0.29) is 0 Å². The first-order chi connectivity index (χ1) is 9.67. The van der Waals surface area contributed by atoms with Crippen molar-refractivity contribution in [1.82, 2.24) is 10.2 Å². The minimum absolute atomic E-state index is 0.648. The zero-order valence-corrected chi connectivity index (χ0v) is 12.9. The Labute approximate surface area is 121 Å². The molecule has 114 valence electrons. The molecule has 0 atom stereocenters. The molecule has 20 heavy (non-hydrogen) atoms. The molecule has 1 N–H and O–H groups in total. The van der Waals surface area contributed by atoms with Crippen LogP contribution >= 0.6 is 0 Å². The summed E-state index contributed by atoms with van der Waals surface area (Å²) in [5, 5.41) is 3.30. The molecule has 0 spiro atoms. The predicted molar refractivity (Wildman–Crippen MR) is 80.6 cm³/mol. The van der Waals surface area contributed by atoms with Crippen molar-refractivity contribution in [3.63, 3.8) is 0 Å². The fraction of sp³-hybridized carbons (Fsp3) is 0.600. The number of likely N-dealkylation sites (N-methyl/N-ethyl adjacent to an activating group) is 1. The van der Waals surface area contributed by atoms with Gasteiger partial charge in [0, 0.05) is 26.7 Å². The fourth-order valence-corrected chi connectivity index (χ4v) is 1.69. The van der Waals surface area contributed by atoms with E-state index >= 15 is 0 Å². The van der Waals surface area contributed by atoms with E-state index in [2.05, 4.69) is 10.2 Å². The van der Waals surface area contributed by atoms with Crippen LogP contribution < -0.4 is 14.8 Å². The van der Waals surface area contributed by atoms with Gasteiger partial charge >= 0.3 is 0 Å². The molecule has 5 heteroatoms. The summed E-state index contributed by atoms with van der Waals surface area (Å²) >= 11 is 0. The van der Waals surface area contributed by atoms with Crippen molar-refractivity contribution in [2.75, 3.05) is 54.6 Å². The summed E-state index contributed by atoms with van der Waals surface area (Å²) in [7, 11) is 7.41. The molecule has 0 fully saturated rings. The molecule has 0 heterocycles. The van der Waals surface area contributed by atoms with E-state index in [1.54, 1.807) is 14.2 Å². The molecule has 1 aromatic rings. The third-order valence-corrected chi connectivity index (χ3v) is 2.84. The smallest absolute Gasteiger partial charge is 0.161 e. The van der Waals surface area contributed by atoms with E-state index in [4.69, 9.17) is 14.2 Å². The third-order valence-electron chi connectivity index (χ3n) is 2.84. The molecule has 0 saturated carbocycles. The maximum Gasteiger partial charge on any atom is 0.161 e. The Kier molecular flexibility index (Phi) is 8.02. The number of benzene rings is 1. The van der Waals surface area contributed by atoms with Crippen molar-refractivity contribution in [3.05, 3.63) is 23.8 Å². The maximum atomic E-state index is 5.73. The van der Waals surface area contributed by atoms with Crippen molar-refractivity contribution in [2.45, 2.75) is 6.54 Å². The highest BCUT2D eigenvalue weighted by Crippen LogP contribution is 2.27. The predicted octanol–water partition coefficient (Wildman–Crippen LogP) is 1.37. The van der Waals surface area contributed by atoms with Crippen LogP contribution in [0.4, 0.5) is 0 Å². The zero-order valence-electron chi connectivity index (χ0n) is 12.9. The molecule has 0 bridgehead atoms. The van der Waals surface area contributed by atoms with Gasteiger partial charge in [-0.05, 0) is 31.8 Å². The van der Waals surface area contributed by atoms with Crippen LogP contribution in [0.2, 0.25) is 0 Å². The summed E-state index contributed by atoms with van der Waals surface area (Å²) in [6.07, 6.45) is 0. The van der Waals surface area contributed by atoms with Crippen LogP contribution in [0, 0.1) is 0 Å². The van der Waals surface area contributed by atoms with Crippen LogP contribution in [-0.4, -0.2) is 59.5 Å². The minimum atomic E-state index is 0.648. The highest BCUT2D eigenvalue weighted by Gasteiger charge is 2.06. The van der Waals surface area contributed by atoms with Gasteiger partial charge in [0.05, 0.1) is 13.7 Å². The zero-order chi connectivity index (χ0) is 14.8. The average Bonchev–Trinajstić information content (AvgIpc) is 2.44. The van der Waals surface area contributed by atoms with E-state index in [1.165, 1.54) is 0 Å². The largest absolute Gasteiger partial charge is 0.493 e. The normalized spacial score (nSPS) is 10.8. The van der Waals surface area contributed by atoms with Crippen LogP contribution in [-0.2, 0) is 11.3 Å². The summed E-state index contributed by atoms with van der Waals surface area (Å²) in [6, 6.07) is 6.01. The van der Waals surface area contributed by atoms with Gasteiger partial charge in [-0.3, -0.25) is 0 Å². The number of rotatable bonds is 10. The molecular weight excluding hydrogens is 256 g/mol. The van der Waals surface area contributed by atoms with Crippen molar-refractivity contribution in [3.8, 4) is 11.5 Å². The molecule has 0 aliphatic rings. The number of nitrogens with zero attached hydrogens (tertiary/aromatic N) is 1. The molecule has 0 aliphatic heterocycles. The van der Waals surface area contributed by atoms with Crippen LogP contribution in [0.25, 0.3) is 0 Å². The topological polar surface area (TPSA) is 43.0 Å². The number of hydrogen-bond acceptors (Lipinski definition) is 5. The number of hydrogen-bond donors (Lipinski definition) is 1. The lowest BCUT2D eigenvalue weighted by Crippen LogP contribution is -2.20. The Bertz CT molecular complexity index is 383. The molecule has 1 aromatic carbocycles. The van der Waals surface area contributed by atoms with Crippen LogP contribution in [0.1, 0.15) is 5.56 Å². The summed E-state index contributed by atoms with van der Waals surface area (Å²) in [6.45, 7) is 3.86. The quantitative estimate of drug-likeness (QED) is 0.657. The van der Waals surface area contributed by atoms with E-state index in [9.17, 15) is 0 Å². The molecule has 0 aromatic heterocycles. The van der Waals surface area contributed by atoms with E-state index in [0.29, 0.717) is 13.2 Å². The second-order valence-corrected chi connectivity index (χ2v) is 4.81. The first kappa shape index (κ1) is 16.8. The number of ether oxygens (including phenoxy) is 3. The second kappa shape index (κ2) is 9.58. The van der Waals surface area contributed by atoms with Gasteiger partial charge in [-0.15, -0.1) is 0 Å². The Morgan fingerprint density at radius 2 is 1.90 bits per heavy atom. The summed E-state index contributed by atoms with van der Waals surface area (Å²) in [4.78, 5) is 2.08. The maximum absolute atomic E-state index is 5.73. The summed E-state index contributed by atoms with van der Waals surface area (Å²) in [5.74, 6) is 1.56. The Balaban J connectivity index is 2.51. The van der Waals surface area contributed by atoms with Crippen LogP contribution in [0.15, 0.2) is 18.2 Å². The highest BCUT2D eigenvalue weighted by molar-refractivity contribution is 5.42. The Hall–Kier alpha value is -1.30. The minimum Gasteiger partial charge on any atom is -0.493 e. The monoisotopic (exact) mass is 282 g/mol. The first-order valence-electron chi connectivity index (χ1n) is 6.81. The molecule has 0 saturated heterocycles. The van der Waals surface area contributed by atoms with Crippen molar-refractivity contribution in [1.29, 1.82) is 0 Å². The third kappa shape index (κ3) is 6.23. The lowest BCUT2D eigenvalue weighted by atomic mass is 10.2. The summed E-state index contributed by atoms with van der Waals surface area (Å²) < 4.78 is 16.1. The molecule has 0 aliphatic carbocycles. The highest BCUT2D eigenvalue weighted by atomic mass is 16.5. The fourth-order valence-electron chi connectivity index (χ4n) is 1.69. The van der Waals surface area contributed by atoms with Gasteiger partial charge in [0.25, 0.3) is 0 Å². The van der Waals surface area contributed by atoms with E-state index in [1.807, 2.05) is 32.3 Å². The number of methoxy groups -OCH3 is 2. The number of nitrogens with one attached hydrogen (secondary N) is 1. The van der Waals surface area contributed by atoms with Gasteiger partial charge in [-0.2, -0.15) is 0 Å². The first-order valence-corrected chi connectivity index (χ1v) is 6.81.